The predicted octanol–water partition coefficient (Wildman–Crippen LogP) is 2.98. The third-order valence-corrected chi connectivity index (χ3v) is 3.56. The summed E-state index contributed by atoms with van der Waals surface area (Å²) >= 11 is 1.53. The lowest BCUT2D eigenvalue weighted by molar-refractivity contribution is 0.295. The highest BCUT2D eigenvalue weighted by atomic mass is 32.1. The molecular weight excluding hydrogens is 218 g/mol. The fraction of sp³-hybridized carbons (Fsp3) is 0.667. The van der Waals surface area contributed by atoms with E-state index in [1.54, 1.807) is 0 Å². The Morgan fingerprint density at radius 1 is 1.38 bits per heavy atom. The van der Waals surface area contributed by atoms with Crippen LogP contribution in [0.25, 0.3) is 0 Å². The second kappa shape index (κ2) is 5.97. The minimum Gasteiger partial charge on any atom is -0.297 e. The molecule has 0 saturated heterocycles. The summed E-state index contributed by atoms with van der Waals surface area (Å²) in [4.78, 5) is 7.66. The van der Waals surface area contributed by atoms with Crippen LogP contribution in [-0.2, 0) is 6.54 Å². The second-order valence-corrected chi connectivity index (χ2v) is 5.13. The van der Waals surface area contributed by atoms with Crippen molar-refractivity contribution in [2.75, 3.05) is 13.1 Å². The summed E-state index contributed by atoms with van der Waals surface area (Å²) < 4.78 is 0. The highest BCUT2D eigenvalue weighted by Gasteiger charge is 2.14. The molecule has 4 heteroatoms. The van der Waals surface area contributed by atoms with E-state index in [-0.39, 0.29) is 0 Å². The maximum Gasteiger partial charge on any atom is 0.128 e. The molecule has 0 saturated carbocycles. The van der Waals surface area contributed by atoms with E-state index in [0.29, 0.717) is 5.92 Å². The molecule has 1 aromatic rings. The van der Waals surface area contributed by atoms with Crippen LogP contribution in [0.1, 0.15) is 49.2 Å². The first-order chi connectivity index (χ1) is 7.62. The summed E-state index contributed by atoms with van der Waals surface area (Å²) in [5, 5.41) is 10.1. The summed E-state index contributed by atoms with van der Waals surface area (Å²) in [5.41, 5.74) is 0.953. The molecular formula is C12H19N3S. The Morgan fingerprint density at radius 2 is 2.00 bits per heavy atom. The van der Waals surface area contributed by atoms with Crippen LogP contribution in [0.15, 0.2) is 0 Å². The molecule has 0 aliphatic heterocycles. The molecule has 0 N–H and O–H groups in total. The van der Waals surface area contributed by atoms with Gasteiger partial charge in [0.15, 0.2) is 0 Å². The third kappa shape index (κ3) is 3.03. The quantitative estimate of drug-likeness (QED) is 0.790. The van der Waals surface area contributed by atoms with Crippen LogP contribution in [0.5, 0.6) is 0 Å². The number of hydrogen-bond donors (Lipinski definition) is 0. The maximum absolute atomic E-state index is 9.04. The predicted molar refractivity (Wildman–Crippen MR) is 67.5 cm³/mol. The molecule has 0 unspecified atom stereocenters. The first kappa shape index (κ1) is 13.1. The number of nitrogens with zero attached hydrogens (tertiary/aromatic N) is 3. The standard InChI is InChI=1S/C12H19N3S/c1-5-15(6-2)8-11-14-12(9(3)4)10(7-13)16-11/h9H,5-6,8H2,1-4H3. The van der Waals surface area contributed by atoms with Gasteiger partial charge < -0.3 is 0 Å². The van der Waals surface area contributed by atoms with Gasteiger partial charge in [-0.05, 0) is 19.0 Å². The Balaban J connectivity index is 2.87. The van der Waals surface area contributed by atoms with E-state index in [9.17, 15) is 0 Å². The van der Waals surface area contributed by atoms with E-state index in [4.69, 9.17) is 5.26 Å². The van der Waals surface area contributed by atoms with Crippen LogP contribution in [0, 0.1) is 11.3 Å². The van der Waals surface area contributed by atoms with Gasteiger partial charge in [0, 0.05) is 0 Å². The smallest absolute Gasteiger partial charge is 0.128 e. The molecule has 88 valence electrons. The average molecular weight is 237 g/mol. The summed E-state index contributed by atoms with van der Waals surface area (Å²) in [5.74, 6) is 0.330. The van der Waals surface area contributed by atoms with Crippen molar-refractivity contribution in [3.05, 3.63) is 15.6 Å². The summed E-state index contributed by atoms with van der Waals surface area (Å²) in [6.45, 7) is 11.4. The lowest BCUT2D eigenvalue weighted by Crippen LogP contribution is -2.21. The lowest BCUT2D eigenvalue weighted by Gasteiger charge is -2.15. The molecule has 3 nitrogen and oxygen atoms in total. The Bertz CT molecular complexity index is 372. The molecule has 0 spiro atoms. The number of hydrogen-bond acceptors (Lipinski definition) is 4. The Labute approximate surface area is 102 Å². The van der Waals surface area contributed by atoms with Gasteiger partial charge in [-0.25, -0.2) is 4.98 Å². The molecule has 0 aliphatic rings. The fourth-order valence-electron chi connectivity index (χ4n) is 1.56. The van der Waals surface area contributed by atoms with Crippen LogP contribution < -0.4 is 0 Å². The Hall–Kier alpha value is -0.920. The van der Waals surface area contributed by atoms with Crippen molar-refractivity contribution in [3.63, 3.8) is 0 Å². The van der Waals surface area contributed by atoms with Crippen molar-refractivity contribution in [3.8, 4) is 6.07 Å². The van der Waals surface area contributed by atoms with Crippen LogP contribution >= 0.6 is 11.3 Å². The number of nitriles is 1. The van der Waals surface area contributed by atoms with Crippen molar-refractivity contribution in [1.29, 1.82) is 5.26 Å². The zero-order chi connectivity index (χ0) is 12.1. The minimum atomic E-state index is 0.330. The van der Waals surface area contributed by atoms with Crippen LogP contribution in [0.2, 0.25) is 0 Å². The van der Waals surface area contributed by atoms with E-state index in [1.165, 1.54) is 11.3 Å². The van der Waals surface area contributed by atoms with Crippen molar-refractivity contribution in [2.24, 2.45) is 0 Å². The fourth-order valence-corrected chi connectivity index (χ4v) is 2.61. The van der Waals surface area contributed by atoms with Crippen LogP contribution in [-0.4, -0.2) is 23.0 Å². The minimum absolute atomic E-state index is 0.330. The molecule has 0 aliphatic carbocycles. The van der Waals surface area contributed by atoms with Gasteiger partial charge in [-0.2, -0.15) is 5.26 Å². The highest BCUT2D eigenvalue weighted by Crippen LogP contribution is 2.25. The van der Waals surface area contributed by atoms with Gasteiger partial charge in [0.2, 0.25) is 0 Å². The summed E-state index contributed by atoms with van der Waals surface area (Å²) in [6.07, 6.45) is 0. The molecule has 1 heterocycles. The first-order valence-corrected chi connectivity index (χ1v) is 6.56. The number of aromatic nitrogens is 1. The second-order valence-electron chi connectivity index (χ2n) is 4.05. The summed E-state index contributed by atoms with van der Waals surface area (Å²) in [7, 11) is 0. The van der Waals surface area contributed by atoms with E-state index in [0.717, 1.165) is 35.2 Å². The van der Waals surface area contributed by atoms with Gasteiger partial charge in [-0.1, -0.05) is 27.7 Å². The summed E-state index contributed by atoms with van der Waals surface area (Å²) in [6, 6.07) is 2.24. The number of rotatable bonds is 5. The zero-order valence-corrected chi connectivity index (χ0v) is 11.3. The third-order valence-electron chi connectivity index (χ3n) is 2.60. The molecule has 0 atom stereocenters. The van der Waals surface area contributed by atoms with Crippen LogP contribution in [0.4, 0.5) is 0 Å². The van der Waals surface area contributed by atoms with Crippen molar-refractivity contribution < 1.29 is 0 Å². The molecule has 1 aromatic heterocycles. The normalized spacial score (nSPS) is 11.1. The Kier molecular flexibility index (Phi) is 4.91. The van der Waals surface area contributed by atoms with Crippen molar-refractivity contribution >= 4 is 11.3 Å². The Morgan fingerprint density at radius 3 is 2.38 bits per heavy atom. The maximum atomic E-state index is 9.04. The van der Waals surface area contributed by atoms with E-state index >= 15 is 0 Å². The van der Waals surface area contributed by atoms with Gasteiger partial charge in [-0.3, -0.25) is 4.90 Å². The highest BCUT2D eigenvalue weighted by molar-refractivity contribution is 7.12. The molecule has 0 fully saturated rings. The van der Waals surface area contributed by atoms with Gasteiger partial charge in [0.25, 0.3) is 0 Å². The van der Waals surface area contributed by atoms with E-state index in [2.05, 4.69) is 43.6 Å². The van der Waals surface area contributed by atoms with Gasteiger partial charge in [0.05, 0.1) is 12.2 Å². The molecule has 0 aromatic carbocycles. The van der Waals surface area contributed by atoms with Crippen LogP contribution in [0.3, 0.4) is 0 Å². The van der Waals surface area contributed by atoms with E-state index in [1.807, 2.05) is 0 Å². The molecule has 1 rings (SSSR count). The van der Waals surface area contributed by atoms with Gasteiger partial charge in [0.1, 0.15) is 16.0 Å². The largest absolute Gasteiger partial charge is 0.297 e. The van der Waals surface area contributed by atoms with Gasteiger partial charge >= 0.3 is 0 Å². The average Bonchev–Trinajstić information content (AvgIpc) is 2.69. The van der Waals surface area contributed by atoms with Gasteiger partial charge in [-0.15, -0.1) is 11.3 Å². The van der Waals surface area contributed by atoms with Crippen molar-refractivity contribution in [1.82, 2.24) is 9.88 Å². The molecule has 16 heavy (non-hydrogen) atoms. The number of thiazole rings is 1. The monoisotopic (exact) mass is 237 g/mol. The molecule has 0 radical (unpaired) electrons. The zero-order valence-electron chi connectivity index (χ0n) is 10.4. The molecule has 0 bridgehead atoms. The SMILES string of the molecule is CCN(CC)Cc1nc(C(C)C)c(C#N)s1. The first-order valence-electron chi connectivity index (χ1n) is 5.74. The lowest BCUT2D eigenvalue weighted by atomic mass is 10.1. The topological polar surface area (TPSA) is 39.9 Å². The molecule has 0 amide bonds. The van der Waals surface area contributed by atoms with Crippen molar-refractivity contribution in [2.45, 2.75) is 40.2 Å². The van der Waals surface area contributed by atoms with E-state index < -0.39 is 0 Å².